The summed E-state index contributed by atoms with van der Waals surface area (Å²) >= 11 is 9.13. The van der Waals surface area contributed by atoms with Crippen molar-refractivity contribution in [2.75, 3.05) is 0 Å². The van der Waals surface area contributed by atoms with Crippen LogP contribution in [0.2, 0.25) is 5.02 Å². The van der Waals surface area contributed by atoms with Gasteiger partial charge >= 0.3 is 0 Å². The summed E-state index contributed by atoms with van der Waals surface area (Å²) in [4.78, 5) is 0. The molecule has 2 aromatic rings. The van der Waals surface area contributed by atoms with Crippen molar-refractivity contribution in [3.05, 3.63) is 33.8 Å². The Morgan fingerprint density at radius 1 is 1.24 bits per heavy atom. The fourth-order valence-electron chi connectivity index (χ4n) is 1.20. The summed E-state index contributed by atoms with van der Waals surface area (Å²) < 4.78 is 27.7. The second-order valence-electron chi connectivity index (χ2n) is 3.08. The van der Waals surface area contributed by atoms with Crippen LogP contribution in [0.25, 0.3) is 11.3 Å². The maximum atomic E-state index is 11.1. The Bertz CT molecular complexity index is 651. The SMILES string of the molecule is O=S(=O)(Cl)c1onc(-c2ccc(Br)cc2)c1Cl. The largest absolute Gasteiger partial charge is 0.341 e. The highest BCUT2D eigenvalue weighted by Gasteiger charge is 2.25. The third-order valence-electron chi connectivity index (χ3n) is 1.95. The van der Waals surface area contributed by atoms with Crippen molar-refractivity contribution in [2.45, 2.75) is 5.09 Å². The van der Waals surface area contributed by atoms with Gasteiger partial charge in [0, 0.05) is 20.7 Å². The molecule has 0 amide bonds. The summed E-state index contributed by atoms with van der Waals surface area (Å²) in [6, 6.07) is 6.99. The minimum atomic E-state index is -4.03. The van der Waals surface area contributed by atoms with E-state index < -0.39 is 14.1 Å². The van der Waals surface area contributed by atoms with Gasteiger partial charge in [-0.15, -0.1) is 0 Å². The van der Waals surface area contributed by atoms with Crippen LogP contribution in [0.15, 0.2) is 38.4 Å². The third-order valence-corrected chi connectivity index (χ3v) is 4.08. The molecule has 0 atom stereocenters. The molecular formula is C9H4BrCl2NO3S. The second-order valence-corrected chi connectivity index (χ2v) is 6.84. The van der Waals surface area contributed by atoms with E-state index in [2.05, 4.69) is 25.6 Å². The average molecular weight is 357 g/mol. The van der Waals surface area contributed by atoms with Crippen LogP contribution >= 0.6 is 38.2 Å². The van der Waals surface area contributed by atoms with Crippen molar-refractivity contribution >= 4 is 47.3 Å². The Morgan fingerprint density at radius 2 is 1.82 bits per heavy atom. The molecule has 0 fully saturated rings. The van der Waals surface area contributed by atoms with Crippen molar-refractivity contribution in [2.24, 2.45) is 0 Å². The van der Waals surface area contributed by atoms with E-state index in [4.69, 9.17) is 22.3 Å². The number of benzene rings is 1. The standard InChI is InChI=1S/C9H4BrCl2NO3S/c10-6-3-1-5(2-4-6)8-7(11)9(16-13-8)17(12,14)15/h1-4H. The fraction of sp³-hybridized carbons (Fsp3) is 0. The topological polar surface area (TPSA) is 60.2 Å². The quantitative estimate of drug-likeness (QED) is 0.770. The van der Waals surface area contributed by atoms with E-state index >= 15 is 0 Å². The van der Waals surface area contributed by atoms with Crippen LogP contribution in [0.3, 0.4) is 0 Å². The van der Waals surface area contributed by atoms with Crippen molar-refractivity contribution in [3.8, 4) is 11.3 Å². The fourth-order valence-corrected chi connectivity index (χ4v) is 2.82. The highest BCUT2D eigenvalue weighted by molar-refractivity contribution is 9.10. The molecule has 8 heteroatoms. The lowest BCUT2D eigenvalue weighted by Crippen LogP contribution is -1.87. The molecule has 0 bridgehead atoms. The van der Waals surface area contributed by atoms with Gasteiger partial charge in [-0.3, -0.25) is 0 Å². The van der Waals surface area contributed by atoms with Gasteiger partial charge in [-0.05, 0) is 12.1 Å². The number of halogens is 3. The maximum Gasteiger partial charge on any atom is 0.298 e. The predicted octanol–water partition coefficient (Wildman–Crippen LogP) is 3.69. The number of hydrogen-bond acceptors (Lipinski definition) is 4. The number of nitrogens with zero attached hydrogens (tertiary/aromatic N) is 1. The van der Waals surface area contributed by atoms with E-state index in [1.807, 2.05) is 0 Å². The molecule has 0 radical (unpaired) electrons. The molecule has 1 aromatic carbocycles. The summed E-state index contributed by atoms with van der Waals surface area (Å²) in [6.45, 7) is 0. The van der Waals surface area contributed by atoms with Crippen molar-refractivity contribution in [1.29, 1.82) is 0 Å². The van der Waals surface area contributed by atoms with Gasteiger partial charge in [0.15, 0.2) is 0 Å². The smallest absolute Gasteiger partial charge is 0.298 e. The van der Waals surface area contributed by atoms with E-state index in [0.29, 0.717) is 5.56 Å². The first kappa shape index (κ1) is 12.9. The summed E-state index contributed by atoms with van der Waals surface area (Å²) in [5.74, 6) is 0. The van der Waals surface area contributed by atoms with Crippen LogP contribution in [0.5, 0.6) is 0 Å². The predicted molar refractivity (Wildman–Crippen MR) is 67.7 cm³/mol. The monoisotopic (exact) mass is 355 g/mol. The molecule has 0 aliphatic heterocycles. The van der Waals surface area contributed by atoms with Gasteiger partial charge in [-0.2, -0.15) is 0 Å². The van der Waals surface area contributed by atoms with Gasteiger partial charge in [0.05, 0.1) is 0 Å². The maximum absolute atomic E-state index is 11.1. The molecule has 90 valence electrons. The average Bonchev–Trinajstić information content (AvgIpc) is 2.61. The third kappa shape index (κ3) is 2.65. The van der Waals surface area contributed by atoms with Crippen LogP contribution in [-0.4, -0.2) is 13.6 Å². The number of rotatable bonds is 2. The summed E-state index contributed by atoms with van der Waals surface area (Å²) in [5, 5.41) is 2.93. The zero-order valence-corrected chi connectivity index (χ0v) is 11.9. The Balaban J connectivity index is 2.55. The van der Waals surface area contributed by atoms with Crippen LogP contribution < -0.4 is 0 Å². The van der Waals surface area contributed by atoms with E-state index in [1.54, 1.807) is 24.3 Å². The lowest BCUT2D eigenvalue weighted by molar-refractivity contribution is 0.343. The van der Waals surface area contributed by atoms with E-state index in [-0.39, 0.29) is 10.7 Å². The van der Waals surface area contributed by atoms with Crippen molar-refractivity contribution in [1.82, 2.24) is 5.16 Å². The van der Waals surface area contributed by atoms with Crippen molar-refractivity contribution in [3.63, 3.8) is 0 Å². The summed E-state index contributed by atoms with van der Waals surface area (Å²) in [5.41, 5.74) is 0.868. The van der Waals surface area contributed by atoms with E-state index in [9.17, 15) is 8.42 Å². The second kappa shape index (κ2) is 4.61. The molecule has 0 unspecified atom stereocenters. The molecule has 0 N–H and O–H groups in total. The van der Waals surface area contributed by atoms with E-state index in [1.165, 1.54) is 0 Å². The van der Waals surface area contributed by atoms with Gasteiger partial charge in [-0.1, -0.05) is 44.8 Å². The van der Waals surface area contributed by atoms with Crippen LogP contribution in [0.1, 0.15) is 0 Å². The van der Waals surface area contributed by atoms with Crippen molar-refractivity contribution < 1.29 is 12.9 Å². The number of hydrogen-bond donors (Lipinski definition) is 0. The lowest BCUT2D eigenvalue weighted by atomic mass is 10.2. The minimum absolute atomic E-state index is 0.123. The molecule has 17 heavy (non-hydrogen) atoms. The number of aromatic nitrogens is 1. The van der Waals surface area contributed by atoms with Gasteiger partial charge in [-0.25, -0.2) is 8.42 Å². The summed E-state index contributed by atoms with van der Waals surface area (Å²) in [6.07, 6.45) is 0. The van der Waals surface area contributed by atoms with Crippen LogP contribution in [0.4, 0.5) is 0 Å². The van der Waals surface area contributed by atoms with Gasteiger partial charge in [0.25, 0.3) is 14.1 Å². The molecule has 0 saturated heterocycles. The zero-order chi connectivity index (χ0) is 12.6. The Morgan fingerprint density at radius 3 is 2.29 bits per heavy atom. The Kier molecular flexibility index (Phi) is 3.49. The van der Waals surface area contributed by atoms with Gasteiger partial charge < -0.3 is 4.52 Å². The molecule has 0 saturated carbocycles. The molecule has 0 spiro atoms. The first-order chi connectivity index (χ1) is 7.89. The highest BCUT2D eigenvalue weighted by Crippen LogP contribution is 2.34. The first-order valence-corrected chi connectivity index (χ1v) is 7.73. The zero-order valence-electron chi connectivity index (χ0n) is 8.02. The van der Waals surface area contributed by atoms with E-state index in [0.717, 1.165) is 4.47 Å². The molecule has 1 heterocycles. The Labute approximate surface area is 115 Å². The minimum Gasteiger partial charge on any atom is -0.341 e. The molecule has 1 aromatic heterocycles. The molecule has 0 aliphatic rings. The van der Waals surface area contributed by atoms with Gasteiger partial charge in [0.1, 0.15) is 10.7 Å². The molecule has 2 rings (SSSR count). The highest BCUT2D eigenvalue weighted by atomic mass is 79.9. The first-order valence-electron chi connectivity index (χ1n) is 4.25. The van der Waals surface area contributed by atoms with Crippen LogP contribution in [-0.2, 0) is 9.05 Å². The Hall–Kier alpha value is -0.560. The lowest BCUT2D eigenvalue weighted by Gasteiger charge is -1.96. The molecular weight excluding hydrogens is 353 g/mol. The van der Waals surface area contributed by atoms with Crippen LogP contribution in [0, 0.1) is 0 Å². The molecule has 0 aliphatic carbocycles. The molecule has 4 nitrogen and oxygen atoms in total. The summed E-state index contributed by atoms with van der Waals surface area (Å²) in [7, 11) is 1.11. The van der Waals surface area contributed by atoms with Gasteiger partial charge in [0.2, 0.25) is 0 Å². The normalized spacial score (nSPS) is 11.7.